The Balaban J connectivity index is 2.19. The minimum absolute atomic E-state index is 0.0906. The first-order chi connectivity index (χ1) is 9.23. The maximum Gasteiger partial charge on any atom is 0.443 e. The first-order valence-corrected chi connectivity index (χ1v) is 7.33. The molecule has 0 saturated carbocycles. The van der Waals surface area contributed by atoms with Crippen LogP contribution in [0.25, 0.3) is 0 Å². The van der Waals surface area contributed by atoms with E-state index in [1.54, 1.807) is 13.8 Å². The van der Waals surface area contributed by atoms with Crippen LogP contribution >= 0.6 is 11.3 Å². The molecule has 112 valence electrons. The van der Waals surface area contributed by atoms with Gasteiger partial charge in [-0.3, -0.25) is 4.79 Å². The van der Waals surface area contributed by atoms with Gasteiger partial charge in [-0.25, -0.2) is 4.98 Å². The van der Waals surface area contributed by atoms with Gasteiger partial charge >= 0.3 is 6.18 Å². The number of Topliss-reactive ketones (excluding diaryl/α,β-unsaturated/α-hetero) is 1. The van der Waals surface area contributed by atoms with Crippen LogP contribution in [0.4, 0.5) is 13.2 Å². The molecule has 7 heteroatoms. The maximum absolute atomic E-state index is 12.5. The zero-order chi connectivity index (χ0) is 15.0. The Bertz CT molecular complexity index is 490. The molecule has 0 amide bonds. The highest BCUT2D eigenvalue weighted by molar-refractivity contribution is 7.13. The molecule has 1 aliphatic rings. The van der Waals surface area contributed by atoms with E-state index >= 15 is 0 Å². The molecule has 1 aliphatic heterocycles. The Kier molecular flexibility index (Phi) is 4.20. The van der Waals surface area contributed by atoms with Crippen molar-refractivity contribution in [3.63, 3.8) is 0 Å². The second kappa shape index (κ2) is 5.44. The molecule has 20 heavy (non-hydrogen) atoms. The lowest BCUT2D eigenvalue weighted by atomic mass is 9.72. The van der Waals surface area contributed by atoms with E-state index in [-0.39, 0.29) is 16.6 Å². The summed E-state index contributed by atoms with van der Waals surface area (Å²) in [5.41, 5.74) is -0.678. The fraction of sp³-hybridized carbons (Fsp3) is 0.692. The van der Waals surface area contributed by atoms with E-state index in [9.17, 15) is 18.0 Å². The van der Waals surface area contributed by atoms with E-state index in [0.717, 1.165) is 32.1 Å². The van der Waals surface area contributed by atoms with Gasteiger partial charge in [0.25, 0.3) is 0 Å². The van der Waals surface area contributed by atoms with Crippen molar-refractivity contribution >= 4 is 17.1 Å². The quantitative estimate of drug-likeness (QED) is 0.871. The predicted molar refractivity (Wildman–Crippen MR) is 70.8 cm³/mol. The van der Waals surface area contributed by atoms with Crippen LogP contribution in [0.3, 0.4) is 0 Å². The van der Waals surface area contributed by atoms with Crippen LogP contribution in [0.15, 0.2) is 6.20 Å². The van der Waals surface area contributed by atoms with Gasteiger partial charge in [0.1, 0.15) is 0 Å². The third kappa shape index (κ3) is 3.03. The average molecular weight is 306 g/mol. The molecular formula is C13H17F3N2OS. The summed E-state index contributed by atoms with van der Waals surface area (Å²) in [5.74, 6) is -0.112. The first kappa shape index (κ1) is 15.4. The summed E-state index contributed by atoms with van der Waals surface area (Å²) in [6.45, 7) is 5.27. The number of aromatic nitrogens is 1. The number of ketones is 1. The van der Waals surface area contributed by atoms with Crippen LogP contribution in [-0.2, 0) is 6.18 Å². The van der Waals surface area contributed by atoms with Gasteiger partial charge in [0, 0.05) is 11.6 Å². The Labute approximate surface area is 119 Å². The molecule has 1 unspecified atom stereocenters. The van der Waals surface area contributed by atoms with Crippen LogP contribution in [0.5, 0.6) is 0 Å². The van der Waals surface area contributed by atoms with E-state index in [1.165, 1.54) is 0 Å². The van der Waals surface area contributed by atoms with Crippen molar-refractivity contribution in [3.8, 4) is 0 Å². The minimum Gasteiger partial charge on any atom is -0.316 e. The lowest BCUT2D eigenvalue weighted by Crippen LogP contribution is -2.42. The number of piperidine rings is 1. The summed E-state index contributed by atoms with van der Waals surface area (Å²) < 4.78 is 37.6. The van der Waals surface area contributed by atoms with Gasteiger partial charge in [-0.1, -0.05) is 13.8 Å². The van der Waals surface area contributed by atoms with Crippen molar-refractivity contribution in [2.75, 3.05) is 13.1 Å². The molecule has 1 fully saturated rings. The number of thiazole rings is 1. The summed E-state index contributed by atoms with van der Waals surface area (Å²) in [5, 5.41) is 2.27. The SMILES string of the molecule is CC(C)(C(=O)c1cnc(C(F)(F)F)s1)C1CCCNC1. The van der Waals surface area contributed by atoms with Crippen LogP contribution in [-0.4, -0.2) is 23.9 Å². The molecule has 3 nitrogen and oxygen atoms in total. The normalized spacial score (nSPS) is 20.9. The number of nitrogens with one attached hydrogen (secondary N) is 1. The summed E-state index contributed by atoms with van der Waals surface area (Å²) in [6, 6.07) is 0. The van der Waals surface area contributed by atoms with Crippen molar-refractivity contribution < 1.29 is 18.0 Å². The van der Waals surface area contributed by atoms with Crippen molar-refractivity contribution in [1.82, 2.24) is 10.3 Å². The predicted octanol–water partition coefficient (Wildman–Crippen LogP) is 3.37. The van der Waals surface area contributed by atoms with E-state index in [0.29, 0.717) is 11.3 Å². The lowest BCUT2D eigenvalue weighted by Gasteiger charge is -2.35. The molecule has 1 N–H and O–H groups in total. The summed E-state index contributed by atoms with van der Waals surface area (Å²) >= 11 is 0.433. The number of rotatable bonds is 3. The monoisotopic (exact) mass is 306 g/mol. The smallest absolute Gasteiger partial charge is 0.316 e. The molecule has 1 aromatic heterocycles. The number of halogens is 3. The number of hydrogen-bond acceptors (Lipinski definition) is 4. The maximum atomic E-state index is 12.5. The summed E-state index contributed by atoms with van der Waals surface area (Å²) in [4.78, 5) is 15.9. The average Bonchev–Trinajstić information content (AvgIpc) is 2.88. The number of nitrogens with zero attached hydrogens (tertiary/aromatic N) is 1. The molecule has 0 aliphatic carbocycles. The highest BCUT2D eigenvalue weighted by atomic mass is 32.1. The fourth-order valence-electron chi connectivity index (χ4n) is 2.48. The molecule has 2 rings (SSSR count). The third-order valence-electron chi connectivity index (χ3n) is 3.87. The zero-order valence-electron chi connectivity index (χ0n) is 11.4. The number of carbonyl (C=O) groups is 1. The fourth-order valence-corrected chi connectivity index (χ4v) is 3.37. The van der Waals surface area contributed by atoms with Crippen molar-refractivity contribution in [2.24, 2.45) is 11.3 Å². The van der Waals surface area contributed by atoms with Gasteiger partial charge in [0.15, 0.2) is 10.8 Å². The van der Waals surface area contributed by atoms with Gasteiger partial charge in [0.05, 0.1) is 4.88 Å². The van der Waals surface area contributed by atoms with Gasteiger partial charge < -0.3 is 5.32 Å². The van der Waals surface area contributed by atoms with Crippen LogP contribution in [0.2, 0.25) is 0 Å². The molecule has 2 heterocycles. The molecule has 0 spiro atoms. The van der Waals surface area contributed by atoms with Gasteiger partial charge in [-0.15, -0.1) is 11.3 Å². The van der Waals surface area contributed by atoms with Gasteiger partial charge in [0.2, 0.25) is 0 Å². The van der Waals surface area contributed by atoms with Crippen molar-refractivity contribution in [1.29, 1.82) is 0 Å². The summed E-state index contributed by atoms with van der Waals surface area (Å²) in [6.07, 6.45) is -1.54. The zero-order valence-corrected chi connectivity index (χ0v) is 12.2. The molecule has 0 radical (unpaired) electrons. The number of hydrogen-bond donors (Lipinski definition) is 1. The molecule has 1 aromatic rings. The first-order valence-electron chi connectivity index (χ1n) is 6.51. The lowest BCUT2D eigenvalue weighted by molar-refractivity contribution is -0.137. The highest BCUT2D eigenvalue weighted by Gasteiger charge is 2.40. The van der Waals surface area contributed by atoms with Gasteiger partial charge in [-0.2, -0.15) is 13.2 Å². The Morgan fingerprint density at radius 2 is 2.15 bits per heavy atom. The second-order valence-electron chi connectivity index (χ2n) is 5.62. The van der Waals surface area contributed by atoms with Crippen LogP contribution in [0.1, 0.15) is 41.4 Å². The second-order valence-corrected chi connectivity index (χ2v) is 6.65. The topological polar surface area (TPSA) is 42.0 Å². The van der Waals surface area contributed by atoms with Crippen LogP contribution in [0, 0.1) is 11.3 Å². The largest absolute Gasteiger partial charge is 0.443 e. The molecular weight excluding hydrogens is 289 g/mol. The van der Waals surface area contributed by atoms with E-state index < -0.39 is 16.6 Å². The molecule has 0 aromatic carbocycles. The molecule has 1 atom stereocenters. The number of alkyl halides is 3. The summed E-state index contributed by atoms with van der Waals surface area (Å²) in [7, 11) is 0. The van der Waals surface area contributed by atoms with E-state index in [1.807, 2.05) is 0 Å². The minimum atomic E-state index is -4.49. The highest BCUT2D eigenvalue weighted by Crippen LogP contribution is 2.38. The van der Waals surface area contributed by atoms with Crippen molar-refractivity contribution in [3.05, 3.63) is 16.1 Å². The van der Waals surface area contributed by atoms with Gasteiger partial charge in [-0.05, 0) is 31.8 Å². The van der Waals surface area contributed by atoms with Crippen molar-refractivity contribution in [2.45, 2.75) is 32.9 Å². The van der Waals surface area contributed by atoms with Crippen LogP contribution < -0.4 is 5.32 Å². The number of carbonyl (C=O) groups excluding carboxylic acids is 1. The Hall–Kier alpha value is -0.950. The van der Waals surface area contributed by atoms with E-state index in [2.05, 4.69) is 10.3 Å². The standard InChI is InChI=1S/C13H17F3N2OS/c1-12(2,8-4-3-5-17-6-8)10(19)9-7-18-11(20-9)13(14,15)16/h7-8,17H,3-6H2,1-2H3. The van der Waals surface area contributed by atoms with E-state index in [4.69, 9.17) is 0 Å². The molecule has 1 saturated heterocycles. The Morgan fingerprint density at radius 3 is 2.65 bits per heavy atom. The molecule has 0 bridgehead atoms. The Morgan fingerprint density at radius 1 is 1.45 bits per heavy atom. The third-order valence-corrected chi connectivity index (χ3v) is 4.92.